The first kappa shape index (κ1) is 29.5. The Balaban J connectivity index is 2.00. The number of likely N-dealkylation sites (N-methyl/N-ethyl adjacent to an activating group) is 1. The zero-order chi connectivity index (χ0) is 29.7. The first-order valence-electron chi connectivity index (χ1n) is 13.1. The van der Waals surface area contributed by atoms with Gasteiger partial charge in [0.15, 0.2) is 6.04 Å². The monoisotopic (exact) mass is 570 g/mol. The van der Waals surface area contributed by atoms with Gasteiger partial charge in [0.1, 0.15) is 5.82 Å². The van der Waals surface area contributed by atoms with E-state index in [9.17, 15) is 19.6 Å². The van der Waals surface area contributed by atoms with Crippen molar-refractivity contribution in [3.63, 3.8) is 0 Å². The zero-order valence-electron chi connectivity index (χ0n) is 23.2. The van der Waals surface area contributed by atoms with E-state index in [-0.39, 0.29) is 25.5 Å². The number of rotatable bonds is 9. The number of hydrogen-bond acceptors (Lipinski definition) is 6. The molecule has 3 aromatic carbocycles. The first-order chi connectivity index (χ1) is 19.6. The van der Waals surface area contributed by atoms with E-state index in [1.54, 1.807) is 68.7 Å². The summed E-state index contributed by atoms with van der Waals surface area (Å²) in [5.74, 6) is -0.740. The van der Waals surface area contributed by atoms with E-state index in [2.05, 4.69) is 6.07 Å². The molecule has 1 aromatic heterocycles. The van der Waals surface area contributed by atoms with Gasteiger partial charge in [-0.15, -0.1) is 0 Å². The number of aromatic nitrogens is 2. The Labute approximate surface area is 243 Å². The van der Waals surface area contributed by atoms with Gasteiger partial charge in [0.25, 0.3) is 17.4 Å². The van der Waals surface area contributed by atoms with E-state index in [4.69, 9.17) is 22.3 Å². The van der Waals surface area contributed by atoms with Crippen molar-refractivity contribution >= 4 is 34.3 Å². The van der Waals surface area contributed by atoms with Crippen LogP contribution in [0.3, 0.4) is 0 Å². The normalized spacial score (nSPS) is 11.6. The van der Waals surface area contributed by atoms with Crippen LogP contribution in [-0.4, -0.2) is 58.4 Å². The van der Waals surface area contributed by atoms with Gasteiger partial charge in [0.2, 0.25) is 0 Å². The predicted molar refractivity (Wildman–Crippen MR) is 159 cm³/mol. The maximum atomic E-state index is 14.0. The van der Waals surface area contributed by atoms with Crippen LogP contribution in [-0.2, 0) is 11.3 Å². The number of benzene rings is 3. The molecule has 9 nitrogen and oxygen atoms in total. The molecule has 4 rings (SSSR count). The summed E-state index contributed by atoms with van der Waals surface area (Å²) in [5.41, 5.74) is 8.21. The summed E-state index contributed by atoms with van der Waals surface area (Å²) in [6, 6.07) is 19.5. The predicted octanol–water partition coefficient (Wildman–Crippen LogP) is 3.90. The minimum atomic E-state index is -1.25. The number of aryl methyl sites for hydroxylation is 1. The van der Waals surface area contributed by atoms with E-state index in [0.29, 0.717) is 39.0 Å². The highest BCUT2D eigenvalue weighted by Crippen LogP contribution is 2.27. The van der Waals surface area contributed by atoms with Gasteiger partial charge in [0.05, 0.1) is 29.1 Å². The number of hydrogen-bond donors (Lipinski definition) is 1. The Bertz CT molecular complexity index is 1690. The van der Waals surface area contributed by atoms with Crippen molar-refractivity contribution in [2.75, 3.05) is 27.2 Å². The molecular weight excluding hydrogens is 540 g/mol. The van der Waals surface area contributed by atoms with E-state index in [1.165, 1.54) is 14.4 Å². The molecule has 1 heterocycles. The number of nitrogens with zero attached hydrogens (tertiary/aromatic N) is 5. The molecule has 0 bridgehead atoms. The largest absolute Gasteiger partial charge is 0.347 e. The lowest BCUT2D eigenvalue weighted by Crippen LogP contribution is -2.47. The van der Waals surface area contributed by atoms with Gasteiger partial charge in [-0.3, -0.25) is 19.0 Å². The van der Waals surface area contributed by atoms with Crippen molar-refractivity contribution in [2.24, 2.45) is 5.73 Å². The molecule has 41 heavy (non-hydrogen) atoms. The molecular formula is C31H31ClN6O3. The topological polar surface area (TPSA) is 125 Å². The third kappa shape index (κ3) is 6.46. The van der Waals surface area contributed by atoms with Crippen molar-refractivity contribution < 1.29 is 9.59 Å². The molecule has 0 radical (unpaired) electrons. The van der Waals surface area contributed by atoms with Crippen molar-refractivity contribution in [3.8, 4) is 6.07 Å². The third-order valence-electron chi connectivity index (χ3n) is 6.74. The Morgan fingerprint density at radius 3 is 2.49 bits per heavy atom. The summed E-state index contributed by atoms with van der Waals surface area (Å²) >= 11 is 6.26. The SMILES string of the molecule is Cc1ccc(C(=O)N(CCCN)C(C(=O)N(C)C)c2nc3cc(Cl)ccc3c(=O)n2Cc2cccc(C#N)c2)cc1. The summed E-state index contributed by atoms with van der Waals surface area (Å²) in [7, 11) is 3.17. The Morgan fingerprint density at radius 2 is 1.83 bits per heavy atom. The molecule has 0 spiro atoms. The van der Waals surface area contributed by atoms with Gasteiger partial charge in [-0.2, -0.15) is 5.26 Å². The molecule has 0 aliphatic carbocycles. The maximum absolute atomic E-state index is 14.0. The molecule has 0 aliphatic rings. The second-order valence-corrected chi connectivity index (χ2v) is 10.4. The number of nitrogens with two attached hydrogens (primary N) is 1. The molecule has 4 aromatic rings. The average molecular weight is 571 g/mol. The Morgan fingerprint density at radius 1 is 1.10 bits per heavy atom. The number of amides is 2. The van der Waals surface area contributed by atoms with E-state index < -0.39 is 23.4 Å². The van der Waals surface area contributed by atoms with E-state index >= 15 is 0 Å². The molecule has 0 saturated heterocycles. The van der Waals surface area contributed by atoms with Crippen LogP contribution in [0.2, 0.25) is 5.02 Å². The molecule has 1 atom stereocenters. The maximum Gasteiger partial charge on any atom is 0.261 e. The third-order valence-corrected chi connectivity index (χ3v) is 6.97. The van der Waals surface area contributed by atoms with Crippen LogP contribution < -0.4 is 11.3 Å². The molecule has 0 fully saturated rings. The van der Waals surface area contributed by atoms with Crippen molar-refractivity contribution in [1.29, 1.82) is 5.26 Å². The fourth-order valence-electron chi connectivity index (χ4n) is 4.59. The fraction of sp³-hybridized carbons (Fsp3) is 0.258. The number of fused-ring (bicyclic) bond motifs is 1. The molecule has 210 valence electrons. The summed E-state index contributed by atoms with van der Waals surface area (Å²) < 4.78 is 1.40. The van der Waals surface area contributed by atoms with Crippen LogP contribution in [0.4, 0.5) is 0 Å². The molecule has 2 N–H and O–H groups in total. The minimum absolute atomic E-state index is 0.0237. The lowest BCUT2D eigenvalue weighted by atomic mass is 10.1. The van der Waals surface area contributed by atoms with Gasteiger partial charge in [-0.1, -0.05) is 41.4 Å². The summed E-state index contributed by atoms with van der Waals surface area (Å²) in [6.45, 7) is 2.38. The number of nitriles is 1. The van der Waals surface area contributed by atoms with Crippen molar-refractivity contribution in [1.82, 2.24) is 19.4 Å². The minimum Gasteiger partial charge on any atom is -0.347 e. The van der Waals surface area contributed by atoms with E-state index in [1.807, 2.05) is 19.1 Å². The second kappa shape index (κ2) is 12.8. The zero-order valence-corrected chi connectivity index (χ0v) is 23.9. The van der Waals surface area contributed by atoms with Gasteiger partial charge < -0.3 is 15.5 Å². The van der Waals surface area contributed by atoms with Crippen LogP contribution in [0, 0.1) is 18.3 Å². The quantitative estimate of drug-likeness (QED) is 0.325. The number of carbonyl (C=O) groups excluding carboxylic acids is 2. The highest BCUT2D eigenvalue weighted by molar-refractivity contribution is 6.31. The average Bonchev–Trinajstić information content (AvgIpc) is 2.96. The summed E-state index contributed by atoms with van der Waals surface area (Å²) in [5, 5.41) is 10.1. The number of halogens is 1. The summed E-state index contributed by atoms with van der Waals surface area (Å²) in [6.07, 6.45) is 0.419. The molecule has 2 amide bonds. The van der Waals surface area contributed by atoms with Crippen LogP contribution in [0.25, 0.3) is 10.9 Å². The van der Waals surface area contributed by atoms with Gasteiger partial charge in [-0.05, 0) is 67.9 Å². The Hall–Kier alpha value is -4.52. The van der Waals surface area contributed by atoms with Gasteiger partial charge >= 0.3 is 0 Å². The van der Waals surface area contributed by atoms with Crippen molar-refractivity contribution in [2.45, 2.75) is 25.9 Å². The lowest BCUT2D eigenvalue weighted by molar-refractivity contribution is -0.134. The molecule has 0 saturated carbocycles. The van der Waals surface area contributed by atoms with Crippen LogP contribution >= 0.6 is 11.6 Å². The smallest absolute Gasteiger partial charge is 0.261 e. The van der Waals surface area contributed by atoms with Crippen molar-refractivity contribution in [3.05, 3.63) is 110 Å². The van der Waals surface area contributed by atoms with E-state index in [0.717, 1.165) is 5.56 Å². The van der Waals surface area contributed by atoms with Crippen LogP contribution in [0.15, 0.2) is 71.5 Å². The molecule has 1 unspecified atom stereocenters. The highest BCUT2D eigenvalue weighted by atomic mass is 35.5. The van der Waals surface area contributed by atoms with Crippen LogP contribution in [0.1, 0.15) is 45.3 Å². The summed E-state index contributed by atoms with van der Waals surface area (Å²) in [4.78, 5) is 49.5. The highest BCUT2D eigenvalue weighted by Gasteiger charge is 2.36. The first-order valence-corrected chi connectivity index (χ1v) is 13.5. The fourth-order valence-corrected chi connectivity index (χ4v) is 4.76. The number of carbonyl (C=O) groups is 2. The van der Waals surface area contributed by atoms with Crippen LogP contribution in [0.5, 0.6) is 0 Å². The van der Waals surface area contributed by atoms with Gasteiger partial charge in [-0.25, -0.2) is 4.98 Å². The van der Waals surface area contributed by atoms with Gasteiger partial charge in [0, 0.05) is 31.2 Å². The second-order valence-electron chi connectivity index (χ2n) is 9.98. The standard InChI is InChI=1S/C31H31ClN6O3/c1-20-8-10-23(11-9-20)29(39)37(15-5-14-33)27(31(41)36(2)3)28-35-26-17-24(32)12-13-25(26)30(40)38(28)19-22-7-4-6-21(16-22)18-34/h4,6-13,16-17,27H,5,14-15,19,33H2,1-3H3. The molecule has 10 heteroatoms. The Kier molecular flexibility index (Phi) is 9.17. The lowest BCUT2D eigenvalue weighted by Gasteiger charge is -2.33. The molecule has 0 aliphatic heterocycles.